The average Bonchev–Trinajstić information content (AvgIpc) is 2.61. The molecule has 23 heavy (non-hydrogen) atoms. The number of pyridine rings is 1. The SMILES string of the molecule is CC[C@@]12CN3CC[C@H]1C[C@@H]3[C@H](c1ccnc3ccc(N)cc13)O2. The maximum atomic E-state index is 6.78. The van der Waals surface area contributed by atoms with Gasteiger partial charge in [0, 0.05) is 29.9 Å². The number of hydrogen-bond donors (Lipinski definition) is 1. The monoisotopic (exact) mass is 309 g/mol. The summed E-state index contributed by atoms with van der Waals surface area (Å²) in [4.78, 5) is 7.16. The summed E-state index contributed by atoms with van der Waals surface area (Å²) in [5.41, 5.74) is 9.14. The molecule has 0 saturated carbocycles. The molecule has 4 nitrogen and oxygen atoms in total. The lowest BCUT2D eigenvalue weighted by molar-refractivity contribution is -0.274. The first-order chi connectivity index (χ1) is 11.2. The standard InChI is InChI=1S/C19H23N3O/c1-2-19-11-22-8-6-12(19)9-17(22)18(23-19)14-5-7-21-16-4-3-13(20)10-15(14)16/h3-5,7,10,12,17-18H,2,6,8-9,11,20H2,1H3/t12-,17+,18-,19+/m0/s1. The molecule has 4 bridgehead atoms. The summed E-state index contributed by atoms with van der Waals surface area (Å²) in [6.45, 7) is 4.62. The number of ether oxygens (including phenoxy) is 1. The van der Waals surface area contributed by atoms with Gasteiger partial charge in [-0.1, -0.05) is 6.92 Å². The van der Waals surface area contributed by atoms with Gasteiger partial charge in [0.25, 0.3) is 0 Å². The van der Waals surface area contributed by atoms with Crippen molar-refractivity contribution >= 4 is 16.6 Å². The third-order valence-electron chi connectivity index (χ3n) is 6.39. The van der Waals surface area contributed by atoms with Crippen molar-refractivity contribution in [2.75, 3.05) is 18.8 Å². The quantitative estimate of drug-likeness (QED) is 0.866. The van der Waals surface area contributed by atoms with Crippen molar-refractivity contribution in [1.29, 1.82) is 0 Å². The molecule has 1 aromatic heterocycles. The van der Waals surface area contributed by atoms with Crippen LogP contribution in [-0.4, -0.2) is 34.6 Å². The number of piperidine rings is 3. The molecule has 2 N–H and O–H groups in total. The van der Waals surface area contributed by atoms with E-state index in [1.165, 1.54) is 24.9 Å². The Morgan fingerprint density at radius 2 is 2.30 bits per heavy atom. The molecular formula is C19H23N3O. The van der Waals surface area contributed by atoms with E-state index >= 15 is 0 Å². The number of fused-ring (bicyclic) bond motifs is 3. The second-order valence-corrected chi connectivity index (χ2v) is 7.39. The molecule has 1 unspecified atom stereocenters. The van der Waals surface area contributed by atoms with Gasteiger partial charge >= 0.3 is 0 Å². The number of nitrogen functional groups attached to an aromatic ring is 1. The van der Waals surface area contributed by atoms with Gasteiger partial charge in [-0.15, -0.1) is 0 Å². The number of hydrogen-bond acceptors (Lipinski definition) is 4. The molecule has 1 aromatic carbocycles. The Hall–Kier alpha value is -1.65. The number of anilines is 1. The Kier molecular flexibility index (Phi) is 2.80. The molecule has 7 rings (SSSR count). The molecule has 5 saturated heterocycles. The topological polar surface area (TPSA) is 51.4 Å². The smallest absolute Gasteiger partial charge is 0.0995 e. The summed E-state index contributed by atoms with van der Waals surface area (Å²) < 4.78 is 6.78. The molecule has 5 aliphatic heterocycles. The van der Waals surface area contributed by atoms with Crippen LogP contribution in [0.3, 0.4) is 0 Å². The third-order valence-corrected chi connectivity index (χ3v) is 6.39. The molecule has 0 radical (unpaired) electrons. The number of aromatic nitrogens is 1. The zero-order valence-corrected chi connectivity index (χ0v) is 13.5. The molecule has 5 fully saturated rings. The third kappa shape index (κ3) is 1.82. The molecule has 120 valence electrons. The van der Waals surface area contributed by atoms with E-state index < -0.39 is 0 Å². The highest BCUT2D eigenvalue weighted by molar-refractivity contribution is 5.85. The predicted molar refractivity (Wildman–Crippen MR) is 91.1 cm³/mol. The Morgan fingerprint density at radius 1 is 1.39 bits per heavy atom. The molecule has 4 heteroatoms. The molecule has 5 aliphatic rings. The first kappa shape index (κ1) is 13.8. The highest BCUT2D eigenvalue weighted by Gasteiger charge is 2.58. The van der Waals surface area contributed by atoms with Crippen LogP contribution >= 0.6 is 0 Å². The van der Waals surface area contributed by atoms with Crippen LogP contribution < -0.4 is 5.73 Å². The number of morpholine rings is 1. The first-order valence-electron chi connectivity index (χ1n) is 8.76. The average molecular weight is 309 g/mol. The van der Waals surface area contributed by atoms with Crippen LogP contribution in [0.2, 0.25) is 0 Å². The Balaban J connectivity index is 1.64. The summed E-state index contributed by atoms with van der Waals surface area (Å²) in [6, 6.07) is 8.62. The lowest BCUT2D eigenvalue weighted by Crippen LogP contribution is -2.70. The van der Waals surface area contributed by atoms with Crippen molar-refractivity contribution in [2.24, 2.45) is 5.92 Å². The van der Waals surface area contributed by atoms with Crippen molar-refractivity contribution in [2.45, 2.75) is 43.9 Å². The number of rotatable bonds is 2. The van der Waals surface area contributed by atoms with Crippen LogP contribution in [0.4, 0.5) is 5.69 Å². The van der Waals surface area contributed by atoms with Gasteiger partial charge in [0.15, 0.2) is 0 Å². The predicted octanol–water partition coefficient (Wildman–Crippen LogP) is 3.13. The van der Waals surface area contributed by atoms with Crippen molar-refractivity contribution in [3.8, 4) is 0 Å². The maximum absolute atomic E-state index is 6.78. The molecule has 0 aliphatic carbocycles. The van der Waals surface area contributed by atoms with Gasteiger partial charge in [-0.25, -0.2) is 0 Å². The lowest BCUT2D eigenvalue weighted by Gasteiger charge is -2.64. The Labute approximate surface area is 136 Å². The molecule has 6 heterocycles. The van der Waals surface area contributed by atoms with Crippen LogP contribution in [0.15, 0.2) is 30.5 Å². The fraction of sp³-hybridized carbons (Fsp3) is 0.526. The lowest BCUT2D eigenvalue weighted by atomic mass is 9.66. The van der Waals surface area contributed by atoms with Crippen LogP contribution in [-0.2, 0) is 4.74 Å². The van der Waals surface area contributed by atoms with E-state index in [1.54, 1.807) is 0 Å². The summed E-state index contributed by atoms with van der Waals surface area (Å²) in [7, 11) is 0. The maximum Gasteiger partial charge on any atom is 0.0995 e. The largest absolute Gasteiger partial charge is 0.399 e. The van der Waals surface area contributed by atoms with E-state index in [-0.39, 0.29) is 11.7 Å². The van der Waals surface area contributed by atoms with Gasteiger partial charge in [-0.2, -0.15) is 0 Å². The summed E-state index contributed by atoms with van der Waals surface area (Å²) in [5.74, 6) is 0.733. The normalized spacial score (nSPS) is 38.3. The van der Waals surface area contributed by atoms with Crippen molar-refractivity contribution in [1.82, 2.24) is 9.88 Å². The van der Waals surface area contributed by atoms with E-state index in [0.717, 1.165) is 35.5 Å². The second kappa shape index (κ2) is 4.68. The Morgan fingerprint density at radius 3 is 3.09 bits per heavy atom. The van der Waals surface area contributed by atoms with E-state index in [1.807, 2.05) is 18.3 Å². The molecule has 5 atom stereocenters. The van der Waals surface area contributed by atoms with Crippen LogP contribution in [0, 0.1) is 5.92 Å². The minimum atomic E-state index is 0.0492. The van der Waals surface area contributed by atoms with Crippen LogP contribution in [0.1, 0.15) is 37.9 Å². The summed E-state index contributed by atoms with van der Waals surface area (Å²) in [5, 5.41) is 1.15. The van der Waals surface area contributed by atoms with E-state index in [0.29, 0.717) is 6.04 Å². The number of nitrogens with zero attached hydrogens (tertiary/aromatic N) is 2. The Bertz CT molecular complexity index is 776. The van der Waals surface area contributed by atoms with E-state index in [2.05, 4.69) is 28.9 Å². The van der Waals surface area contributed by atoms with Gasteiger partial charge < -0.3 is 10.5 Å². The van der Waals surface area contributed by atoms with Gasteiger partial charge in [0.2, 0.25) is 0 Å². The fourth-order valence-corrected chi connectivity index (χ4v) is 5.16. The zero-order valence-electron chi connectivity index (χ0n) is 13.5. The first-order valence-corrected chi connectivity index (χ1v) is 8.76. The minimum absolute atomic E-state index is 0.0492. The number of benzene rings is 1. The van der Waals surface area contributed by atoms with Crippen molar-refractivity contribution < 1.29 is 4.74 Å². The molecule has 0 amide bonds. The minimum Gasteiger partial charge on any atom is -0.399 e. The van der Waals surface area contributed by atoms with Gasteiger partial charge in [-0.05, 0) is 61.6 Å². The van der Waals surface area contributed by atoms with Crippen molar-refractivity contribution in [3.05, 3.63) is 36.0 Å². The second-order valence-electron chi connectivity index (χ2n) is 7.39. The highest BCUT2D eigenvalue weighted by Crippen LogP contribution is 2.54. The number of nitrogens with two attached hydrogens (primary N) is 1. The summed E-state index contributed by atoms with van der Waals surface area (Å²) >= 11 is 0. The van der Waals surface area contributed by atoms with Crippen molar-refractivity contribution in [3.63, 3.8) is 0 Å². The molecule has 2 aromatic rings. The van der Waals surface area contributed by atoms with Gasteiger partial charge in [-0.3, -0.25) is 9.88 Å². The van der Waals surface area contributed by atoms with E-state index in [4.69, 9.17) is 10.5 Å². The summed E-state index contributed by atoms with van der Waals surface area (Å²) in [6.07, 6.45) is 5.72. The zero-order chi connectivity index (χ0) is 15.6. The van der Waals surface area contributed by atoms with Gasteiger partial charge in [0.1, 0.15) is 0 Å². The fourth-order valence-electron chi connectivity index (χ4n) is 5.16. The van der Waals surface area contributed by atoms with Gasteiger partial charge in [0.05, 0.1) is 17.2 Å². The molecule has 0 spiro atoms. The molecular weight excluding hydrogens is 286 g/mol. The van der Waals surface area contributed by atoms with Crippen LogP contribution in [0.5, 0.6) is 0 Å². The van der Waals surface area contributed by atoms with E-state index in [9.17, 15) is 0 Å². The highest BCUT2D eigenvalue weighted by atomic mass is 16.5. The van der Waals surface area contributed by atoms with Crippen LogP contribution in [0.25, 0.3) is 10.9 Å².